The number of Topliss-reactive ketones (excluding diaryl/α,β-unsaturated/α-hetero) is 1. The third kappa shape index (κ3) is 4.97. The fourth-order valence-corrected chi connectivity index (χ4v) is 3.10. The maximum Gasteiger partial charge on any atom is 0.306 e. The van der Waals surface area contributed by atoms with Crippen LogP contribution >= 0.6 is 0 Å². The molecule has 146 valence electrons. The standard InChI is InChI=1S/C22H23NO5/c1-2-27-20-6-4-3-5-15(20)9-12-22(26)28-14-19(24)17-7-10-18-16(13-17)8-11-21(25)23-18/h3-7,10,13H,2,8-9,11-12,14H2,1H3,(H,23,25). The summed E-state index contributed by atoms with van der Waals surface area (Å²) in [6, 6.07) is 12.7. The number of hydrogen-bond donors (Lipinski definition) is 1. The van der Waals surface area contributed by atoms with Crippen molar-refractivity contribution in [3.8, 4) is 5.75 Å². The minimum absolute atomic E-state index is 0.0218. The van der Waals surface area contributed by atoms with E-state index in [9.17, 15) is 14.4 Å². The summed E-state index contributed by atoms with van der Waals surface area (Å²) in [4.78, 5) is 35.8. The number of anilines is 1. The van der Waals surface area contributed by atoms with Crippen LogP contribution < -0.4 is 10.1 Å². The molecule has 2 aromatic rings. The Hall–Kier alpha value is -3.15. The zero-order chi connectivity index (χ0) is 19.9. The van der Waals surface area contributed by atoms with Crippen LogP contribution in [0.3, 0.4) is 0 Å². The summed E-state index contributed by atoms with van der Waals surface area (Å²) in [5.74, 6) is 0.0501. The van der Waals surface area contributed by atoms with Crippen LogP contribution in [0.2, 0.25) is 0 Å². The molecule has 1 amide bonds. The summed E-state index contributed by atoms with van der Waals surface area (Å²) < 4.78 is 10.7. The molecule has 6 heteroatoms. The number of fused-ring (bicyclic) bond motifs is 1. The van der Waals surface area contributed by atoms with E-state index in [1.165, 1.54) is 0 Å². The van der Waals surface area contributed by atoms with E-state index in [4.69, 9.17) is 9.47 Å². The van der Waals surface area contributed by atoms with Crippen LogP contribution in [0, 0.1) is 0 Å². The van der Waals surface area contributed by atoms with Gasteiger partial charge in [0.05, 0.1) is 6.61 Å². The molecule has 0 radical (unpaired) electrons. The molecular formula is C22H23NO5. The van der Waals surface area contributed by atoms with Gasteiger partial charge in [-0.05, 0) is 55.2 Å². The Morgan fingerprint density at radius 2 is 1.93 bits per heavy atom. The van der Waals surface area contributed by atoms with E-state index in [0.717, 1.165) is 22.6 Å². The monoisotopic (exact) mass is 381 g/mol. The molecule has 0 unspecified atom stereocenters. The van der Waals surface area contributed by atoms with Gasteiger partial charge in [0.2, 0.25) is 5.91 Å². The number of rotatable bonds is 8. The van der Waals surface area contributed by atoms with E-state index >= 15 is 0 Å². The predicted octanol–water partition coefficient (Wildman–Crippen LogP) is 3.33. The quantitative estimate of drug-likeness (QED) is 0.560. The number of benzene rings is 2. The van der Waals surface area contributed by atoms with E-state index in [1.807, 2.05) is 31.2 Å². The van der Waals surface area contributed by atoms with Crippen molar-refractivity contribution in [2.75, 3.05) is 18.5 Å². The van der Waals surface area contributed by atoms with E-state index in [2.05, 4.69) is 5.32 Å². The van der Waals surface area contributed by atoms with Gasteiger partial charge >= 0.3 is 5.97 Å². The van der Waals surface area contributed by atoms with Crippen molar-refractivity contribution in [3.05, 3.63) is 59.2 Å². The van der Waals surface area contributed by atoms with E-state index in [-0.39, 0.29) is 24.7 Å². The number of nitrogens with one attached hydrogen (secondary N) is 1. The molecule has 0 aliphatic carbocycles. The number of ether oxygens (including phenoxy) is 2. The SMILES string of the molecule is CCOc1ccccc1CCC(=O)OCC(=O)c1ccc2c(c1)CCC(=O)N2. The van der Waals surface area contributed by atoms with Crippen molar-refractivity contribution in [3.63, 3.8) is 0 Å². The second-order valence-corrected chi connectivity index (χ2v) is 6.54. The van der Waals surface area contributed by atoms with Crippen molar-refractivity contribution in [2.24, 2.45) is 0 Å². The van der Waals surface area contributed by atoms with Crippen LogP contribution in [0.1, 0.15) is 41.3 Å². The molecule has 6 nitrogen and oxygen atoms in total. The maximum absolute atomic E-state index is 12.3. The number of aryl methyl sites for hydroxylation is 2. The lowest BCUT2D eigenvalue weighted by Gasteiger charge is -2.17. The first kappa shape index (κ1) is 19.6. The molecule has 1 aliphatic heterocycles. The molecule has 3 rings (SSSR count). The third-order valence-corrected chi connectivity index (χ3v) is 4.56. The molecule has 1 N–H and O–H groups in total. The van der Waals surface area contributed by atoms with Crippen molar-refractivity contribution in [1.82, 2.24) is 0 Å². The van der Waals surface area contributed by atoms with Crippen LogP contribution in [-0.2, 0) is 27.2 Å². The van der Waals surface area contributed by atoms with Gasteiger partial charge in [0.1, 0.15) is 5.75 Å². The Bertz CT molecular complexity index is 890. The van der Waals surface area contributed by atoms with Crippen LogP contribution in [0.15, 0.2) is 42.5 Å². The molecule has 28 heavy (non-hydrogen) atoms. The molecule has 1 heterocycles. The predicted molar refractivity (Wildman–Crippen MR) is 105 cm³/mol. The summed E-state index contributed by atoms with van der Waals surface area (Å²) in [7, 11) is 0. The molecule has 0 fully saturated rings. The summed E-state index contributed by atoms with van der Waals surface area (Å²) >= 11 is 0. The Balaban J connectivity index is 1.51. The maximum atomic E-state index is 12.3. The van der Waals surface area contributed by atoms with Gasteiger partial charge in [-0.3, -0.25) is 14.4 Å². The number of para-hydroxylation sites is 1. The normalized spacial score (nSPS) is 12.7. The van der Waals surface area contributed by atoms with Crippen LogP contribution in [0.5, 0.6) is 5.75 Å². The highest BCUT2D eigenvalue weighted by Crippen LogP contribution is 2.24. The highest BCUT2D eigenvalue weighted by molar-refractivity contribution is 6.00. The summed E-state index contributed by atoms with van der Waals surface area (Å²) in [6.45, 7) is 2.17. The molecule has 0 bridgehead atoms. The molecule has 0 aromatic heterocycles. The molecule has 0 saturated heterocycles. The highest BCUT2D eigenvalue weighted by Gasteiger charge is 2.17. The number of esters is 1. The lowest BCUT2D eigenvalue weighted by Crippen LogP contribution is -2.20. The van der Waals surface area contributed by atoms with E-state index in [1.54, 1.807) is 18.2 Å². The average molecular weight is 381 g/mol. The van der Waals surface area contributed by atoms with Crippen LogP contribution in [0.25, 0.3) is 0 Å². The fourth-order valence-electron chi connectivity index (χ4n) is 3.10. The number of amides is 1. The molecular weight excluding hydrogens is 358 g/mol. The number of ketones is 1. The lowest BCUT2D eigenvalue weighted by atomic mass is 9.99. The van der Waals surface area contributed by atoms with Crippen molar-refractivity contribution in [1.29, 1.82) is 0 Å². The lowest BCUT2D eigenvalue weighted by molar-refractivity contribution is -0.142. The van der Waals surface area contributed by atoms with Gasteiger partial charge in [-0.15, -0.1) is 0 Å². The Labute approximate surface area is 163 Å². The summed E-state index contributed by atoms with van der Waals surface area (Å²) in [5.41, 5.74) is 3.07. The molecule has 0 spiro atoms. The first-order valence-corrected chi connectivity index (χ1v) is 9.39. The zero-order valence-electron chi connectivity index (χ0n) is 15.8. The minimum Gasteiger partial charge on any atom is -0.494 e. The second kappa shape index (κ2) is 9.17. The van der Waals surface area contributed by atoms with Gasteiger partial charge in [-0.25, -0.2) is 0 Å². The van der Waals surface area contributed by atoms with E-state index in [0.29, 0.717) is 31.4 Å². The van der Waals surface area contributed by atoms with Crippen molar-refractivity contribution < 1.29 is 23.9 Å². The van der Waals surface area contributed by atoms with E-state index < -0.39 is 5.97 Å². The molecule has 2 aromatic carbocycles. The Morgan fingerprint density at radius 3 is 2.75 bits per heavy atom. The summed E-state index contributed by atoms with van der Waals surface area (Å²) in [6.07, 6.45) is 1.67. The summed E-state index contributed by atoms with van der Waals surface area (Å²) in [5, 5.41) is 2.78. The molecule has 0 atom stereocenters. The Kier molecular flexibility index (Phi) is 6.42. The molecule has 1 aliphatic rings. The van der Waals surface area contributed by atoms with Gasteiger partial charge < -0.3 is 14.8 Å². The van der Waals surface area contributed by atoms with Gasteiger partial charge in [0, 0.05) is 24.1 Å². The van der Waals surface area contributed by atoms with Crippen molar-refractivity contribution in [2.45, 2.75) is 32.6 Å². The number of carbonyl (C=O) groups is 3. The van der Waals surface area contributed by atoms with Gasteiger partial charge in [0.15, 0.2) is 12.4 Å². The van der Waals surface area contributed by atoms with Gasteiger partial charge in [-0.1, -0.05) is 18.2 Å². The molecule has 0 saturated carbocycles. The first-order chi connectivity index (χ1) is 13.6. The topological polar surface area (TPSA) is 81.7 Å². The van der Waals surface area contributed by atoms with Crippen LogP contribution in [-0.4, -0.2) is 30.9 Å². The first-order valence-electron chi connectivity index (χ1n) is 9.39. The van der Waals surface area contributed by atoms with Crippen molar-refractivity contribution >= 4 is 23.3 Å². The van der Waals surface area contributed by atoms with Gasteiger partial charge in [0.25, 0.3) is 0 Å². The number of carbonyl (C=O) groups excluding carboxylic acids is 3. The number of hydrogen-bond acceptors (Lipinski definition) is 5. The Morgan fingerprint density at radius 1 is 1.11 bits per heavy atom. The largest absolute Gasteiger partial charge is 0.494 e. The minimum atomic E-state index is -0.426. The average Bonchev–Trinajstić information content (AvgIpc) is 2.71. The van der Waals surface area contributed by atoms with Gasteiger partial charge in [-0.2, -0.15) is 0 Å². The smallest absolute Gasteiger partial charge is 0.306 e. The zero-order valence-corrected chi connectivity index (χ0v) is 15.8. The third-order valence-electron chi connectivity index (χ3n) is 4.56. The highest BCUT2D eigenvalue weighted by atomic mass is 16.5. The van der Waals surface area contributed by atoms with Crippen LogP contribution in [0.4, 0.5) is 5.69 Å². The second-order valence-electron chi connectivity index (χ2n) is 6.54. The fraction of sp³-hybridized carbons (Fsp3) is 0.318.